The van der Waals surface area contributed by atoms with E-state index in [0.29, 0.717) is 5.56 Å². The van der Waals surface area contributed by atoms with Crippen LogP contribution in [0.2, 0.25) is 0 Å². The van der Waals surface area contributed by atoms with Crippen molar-refractivity contribution < 1.29 is 9.18 Å². The van der Waals surface area contributed by atoms with Crippen LogP contribution < -0.4 is 10.6 Å². The molecule has 0 spiro atoms. The van der Waals surface area contributed by atoms with Crippen LogP contribution in [0.4, 0.5) is 9.52 Å². The van der Waals surface area contributed by atoms with Gasteiger partial charge in [-0.2, -0.15) is 0 Å². The highest BCUT2D eigenvalue weighted by Crippen LogP contribution is 2.30. The molecule has 1 saturated carbocycles. The van der Waals surface area contributed by atoms with Gasteiger partial charge in [0.05, 0.1) is 10.2 Å². The third-order valence-corrected chi connectivity index (χ3v) is 5.72. The van der Waals surface area contributed by atoms with Crippen LogP contribution in [0.15, 0.2) is 42.5 Å². The van der Waals surface area contributed by atoms with Crippen molar-refractivity contribution in [3.05, 3.63) is 59.4 Å². The van der Waals surface area contributed by atoms with E-state index in [1.807, 2.05) is 31.2 Å². The zero-order valence-electron chi connectivity index (χ0n) is 14.5. The minimum atomic E-state index is -0.253. The maximum Gasteiger partial charge on any atom is 0.251 e. The molecular weight excluding hydrogens is 349 g/mol. The molecule has 2 aromatic carbocycles. The van der Waals surface area contributed by atoms with E-state index < -0.39 is 0 Å². The van der Waals surface area contributed by atoms with Crippen LogP contribution in [0.25, 0.3) is 10.2 Å². The molecular formula is C20H20FN3OS. The average molecular weight is 369 g/mol. The lowest BCUT2D eigenvalue weighted by Crippen LogP contribution is -2.43. The molecule has 3 aromatic rings. The zero-order valence-corrected chi connectivity index (χ0v) is 15.3. The molecule has 2 N–H and O–H groups in total. The van der Waals surface area contributed by atoms with Gasteiger partial charge in [0, 0.05) is 17.6 Å². The molecule has 1 amide bonds. The largest absolute Gasteiger partial charge is 0.357 e. The highest BCUT2D eigenvalue weighted by Gasteiger charge is 2.29. The second kappa shape index (κ2) is 7.03. The number of benzene rings is 2. The van der Waals surface area contributed by atoms with Crippen molar-refractivity contribution in [2.45, 2.75) is 38.3 Å². The molecule has 1 fully saturated rings. The smallest absolute Gasteiger partial charge is 0.251 e. The summed E-state index contributed by atoms with van der Waals surface area (Å²) in [5.74, 6) is -0.296. The molecule has 1 heterocycles. The third kappa shape index (κ3) is 3.55. The number of carbonyl (C=O) groups excluding carboxylic acids is 1. The van der Waals surface area contributed by atoms with Crippen molar-refractivity contribution in [1.82, 2.24) is 10.3 Å². The molecule has 0 aliphatic heterocycles. The number of hydrogen-bond acceptors (Lipinski definition) is 4. The first-order valence-corrected chi connectivity index (χ1v) is 9.60. The van der Waals surface area contributed by atoms with Crippen molar-refractivity contribution >= 4 is 32.6 Å². The van der Waals surface area contributed by atoms with Gasteiger partial charge in [-0.15, -0.1) is 0 Å². The molecule has 0 saturated heterocycles. The lowest BCUT2D eigenvalue weighted by molar-refractivity contribution is 0.0936. The number of nitrogens with one attached hydrogen (secondary N) is 2. The lowest BCUT2D eigenvalue weighted by atomic mass is 10.1. The Bertz CT molecular complexity index is 955. The fraction of sp³-hybridized carbons (Fsp3) is 0.300. The first-order valence-electron chi connectivity index (χ1n) is 8.79. The van der Waals surface area contributed by atoms with E-state index >= 15 is 0 Å². The molecule has 2 atom stereocenters. The number of halogens is 1. The van der Waals surface area contributed by atoms with Gasteiger partial charge in [-0.05, 0) is 56.5 Å². The fourth-order valence-electron chi connectivity index (χ4n) is 3.46. The van der Waals surface area contributed by atoms with Gasteiger partial charge in [0.25, 0.3) is 5.91 Å². The van der Waals surface area contributed by atoms with Gasteiger partial charge in [0.15, 0.2) is 5.13 Å². The minimum Gasteiger partial charge on any atom is -0.357 e. The van der Waals surface area contributed by atoms with Crippen molar-refractivity contribution in [3.63, 3.8) is 0 Å². The highest BCUT2D eigenvalue weighted by atomic mass is 32.1. The summed E-state index contributed by atoms with van der Waals surface area (Å²) in [6.45, 7) is 1.98. The van der Waals surface area contributed by atoms with E-state index in [4.69, 9.17) is 0 Å². The Hall–Kier alpha value is -2.47. The van der Waals surface area contributed by atoms with Gasteiger partial charge in [0.2, 0.25) is 0 Å². The summed E-state index contributed by atoms with van der Waals surface area (Å²) in [6, 6.07) is 12.4. The molecule has 1 aliphatic rings. The van der Waals surface area contributed by atoms with Gasteiger partial charge < -0.3 is 10.6 Å². The first kappa shape index (κ1) is 17.0. The van der Waals surface area contributed by atoms with Crippen LogP contribution in [-0.4, -0.2) is 23.0 Å². The number of anilines is 1. The monoisotopic (exact) mass is 369 g/mol. The van der Waals surface area contributed by atoms with Gasteiger partial charge in [0.1, 0.15) is 5.82 Å². The minimum absolute atomic E-state index is 0.0428. The van der Waals surface area contributed by atoms with E-state index in [2.05, 4.69) is 15.6 Å². The Kier molecular flexibility index (Phi) is 4.59. The van der Waals surface area contributed by atoms with Crippen LogP contribution in [0.3, 0.4) is 0 Å². The highest BCUT2D eigenvalue weighted by molar-refractivity contribution is 7.22. The van der Waals surface area contributed by atoms with Gasteiger partial charge in [-0.3, -0.25) is 4.79 Å². The lowest BCUT2D eigenvalue weighted by Gasteiger charge is -2.22. The van der Waals surface area contributed by atoms with Crippen LogP contribution in [0.5, 0.6) is 0 Å². The Morgan fingerprint density at radius 2 is 2.04 bits per heavy atom. The first-order chi connectivity index (χ1) is 12.6. The molecule has 1 aromatic heterocycles. The predicted octanol–water partition coefficient (Wildman–Crippen LogP) is 4.51. The molecule has 4 rings (SSSR count). The van der Waals surface area contributed by atoms with Crippen molar-refractivity contribution in [2.24, 2.45) is 0 Å². The molecule has 1 aliphatic carbocycles. The number of hydrogen-bond donors (Lipinski definition) is 2. The summed E-state index contributed by atoms with van der Waals surface area (Å²) in [7, 11) is 0. The van der Waals surface area contributed by atoms with Gasteiger partial charge in [-0.25, -0.2) is 9.37 Å². The molecule has 0 bridgehead atoms. The molecule has 134 valence electrons. The SMILES string of the molecule is Cc1cccc(C(=O)N[C@@H]2CCC[C@@H]2Nc2nc3ccc(F)cc3s2)c1. The molecule has 4 nitrogen and oxygen atoms in total. The Balaban J connectivity index is 1.46. The predicted molar refractivity (Wildman–Crippen MR) is 103 cm³/mol. The van der Waals surface area contributed by atoms with E-state index in [0.717, 1.165) is 40.2 Å². The van der Waals surface area contributed by atoms with E-state index in [9.17, 15) is 9.18 Å². The number of fused-ring (bicyclic) bond motifs is 1. The number of carbonyl (C=O) groups is 1. The van der Waals surface area contributed by atoms with Gasteiger partial charge >= 0.3 is 0 Å². The van der Waals surface area contributed by atoms with Crippen LogP contribution >= 0.6 is 11.3 Å². The Morgan fingerprint density at radius 3 is 2.88 bits per heavy atom. The van der Waals surface area contributed by atoms with Crippen LogP contribution in [-0.2, 0) is 0 Å². The maximum absolute atomic E-state index is 13.4. The standard InChI is InChI=1S/C20H20FN3OS/c1-12-4-2-5-13(10-12)19(25)22-15-6-3-7-16(15)23-20-24-17-9-8-14(21)11-18(17)26-20/h2,4-5,8-11,15-16H,3,6-7H2,1H3,(H,22,25)(H,23,24)/t15-,16+/m1/s1. The van der Waals surface area contributed by atoms with Crippen molar-refractivity contribution in [3.8, 4) is 0 Å². The van der Waals surface area contributed by atoms with E-state index in [-0.39, 0.29) is 23.8 Å². The molecule has 0 unspecified atom stereocenters. The van der Waals surface area contributed by atoms with Crippen LogP contribution in [0, 0.1) is 12.7 Å². The second-order valence-corrected chi connectivity index (χ2v) is 7.79. The Morgan fingerprint density at radius 1 is 1.19 bits per heavy atom. The molecule has 0 radical (unpaired) electrons. The van der Waals surface area contributed by atoms with Crippen molar-refractivity contribution in [2.75, 3.05) is 5.32 Å². The number of aromatic nitrogens is 1. The molecule has 26 heavy (non-hydrogen) atoms. The summed E-state index contributed by atoms with van der Waals surface area (Å²) in [5.41, 5.74) is 2.55. The third-order valence-electron chi connectivity index (χ3n) is 4.77. The van der Waals surface area contributed by atoms with E-state index in [1.54, 1.807) is 6.07 Å². The number of thiazole rings is 1. The molecule has 6 heteroatoms. The van der Waals surface area contributed by atoms with Gasteiger partial charge in [-0.1, -0.05) is 29.0 Å². The summed E-state index contributed by atoms with van der Waals surface area (Å²) in [5, 5.41) is 7.36. The second-order valence-electron chi connectivity index (χ2n) is 6.76. The number of aryl methyl sites for hydroxylation is 1. The summed E-state index contributed by atoms with van der Waals surface area (Å²) >= 11 is 1.44. The number of rotatable bonds is 4. The number of nitrogens with zero attached hydrogens (tertiary/aromatic N) is 1. The summed E-state index contributed by atoms with van der Waals surface area (Å²) in [4.78, 5) is 17.1. The topological polar surface area (TPSA) is 54.0 Å². The van der Waals surface area contributed by atoms with Crippen LogP contribution in [0.1, 0.15) is 35.2 Å². The maximum atomic E-state index is 13.4. The quantitative estimate of drug-likeness (QED) is 0.712. The summed E-state index contributed by atoms with van der Waals surface area (Å²) in [6.07, 6.45) is 2.97. The average Bonchev–Trinajstić information content (AvgIpc) is 3.21. The summed E-state index contributed by atoms with van der Waals surface area (Å²) < 4.78 is 14.2. The fourth-order valence-corrected chi connectivity index (χ4v) is 4.41. The normalized spacial score (nSPS) is 19.6. The zero-order chi connectivity index (χ0) is 18.1. The van der Waals surface area contributed by atoms with Crippen molar-refractivity contribution in [1.29, 1.82) is 0 Å². The van der Waals surface area contributed by atoms with E-state index in [1.165, 1.54) is 23.5 Å². The number of amides is 1. The Labute approximate surface area is 155 Å².